The van der Waals surface area contributed by atoms with Crippen molar-refractivity contribution in [2.45, 2.75) is 31.8 Å². The molecule has 1 aliphatic carbocycles. The van der Waals surface area contributed by atoms with Crippen molar-refractivity contribution in [3.8, 4) is 0 Å². The second-order valence-electron chi connectivity index (χ2n) is 4.48. The van der Waals surface area contributed by atoms with Crippen molar-refractivity contribution >= 4 is 27.5 Å². The third kappa shape index (κ3) is 3.43. The van der Waals surface area contributed by atoms with Crippen molar-refractivity contribution in [2.24, 2.45) is 0 Å². The standard InChI is InChI=1S/C13H16BrClFN/c14-6-7-17(12-2-1-3-12)9-10-4-5-11(15)8-13(10)16/h4-5,8,12H,1-3,6-7,9H2. The van der Waals surface area contributed by atoms with Crippen LogP contribution in [0, 0.1) is 5.82 Å². The highest BCUT2D eigenvalue weighted by Crippen LogP contribution is 2.27. The average Bonchev–Trinajstić information content (AvgIpc) is 2.20. The van der Waals surface area contributed by atoms with E-state index >= 15 is 0 Å². The van der Waals surface area contributed by atoms with Crippen LogP contribution in [0.2, 0.25) is 5.02 Å². The third-order valence-electron chi connectivity index (χ3n) is 3.35. The minimum absolute atomic E-state index is 0.198. The first-order valence-corrected chi connectivity index (χ1v) is 7.44. The zero-order valence-electron chi connectivity index (χ0n) is 9.63. The van der Waals surface area contributed by atoms with Gasteiger partial charge in [0.1, 0.15) is 5.82 Å². The Labute approximate surface area is 115 Å². The molecule has 0 atom stereocenters. The molecule has 1 aliphatic rings. The Morgan fingerprint density at radius 3 is 2.71 bits per heavy atom. The average molecular weight is 321 g/mol. The quantitative estimate of drug-likeness (QED) is 0.734. The van der Waals surface area contributed by atoms with Gasteiger partial charge in [-0.15, -0.1) is 0 Å². The van der Waals surface area contributed by atoms with Crippen LogP contribution in [0.3, 0.4) is 0 Å². The van der Waals surface area contributed by atoms with Gasteiger partial charge in [-0.3, -0.25) is 4.90 Å². The van der Waals surface area contributed by atoms with Gasteiger partial charge in [-0.2, -0.15) is 0 Å². The van der Waals surface area contributed by atoms with Crippen LogP contribution in [0.25, 0.3) is 0 Å². The van der Waals surface area contributed by atoms with E-state index in [-0.39, 0.29) is 5.82 Å². The van der Waals surface area contributed by atoms with Crippen LogP contribution in [-0.4, -0.2) is 22.8 Å². The summed E-state index contributed by atoms with van der Waals surface area (Å²) in [6, 6.07) is 5.57. The first-order chi connectivity index (χ1) is 8.20. The van der Waals surface area contributed by atoms with Crippen LogP contribution in [0.15, 0.2) is 18.2 Å². The molecular weight excluding hydrogens is 305 g/mol. The van der Waals surface area contributed by atoms with E-state index in [4.69, 9.17) is 11.6 Å². The van der Waals surface area contributed by atoms with E-state index in [9.17, 15) is 4.39 Å². The summed E-state index contributed by atoms with van der Waals surface area (Å²) in [6.45, 7) is 1.64. The number of halogens is 3. The number of rotatable bonds is 5. The smallest absolute Gasteiger partial charge is 0.129 e. The summed E-state index contributed by atoms with van der Waals surface area (Å²) in [7, 11) is 0. The molecule has 4 heteroatoms. The molecule has 17 heavy (non-hydrogen) atoms. The van der Waals surface area contributed by atoms with Gasteiger partial charge in [0.2, 0.25) is 0 Å². The van der Waals surface area contributed by atoms with Gasteiger partial charge in [-0.05, 0) is 25.0 Å². The Morgan fingerprint density at radius 2 is 2.18 bits per heavy atom. The molecule has 0 unspecified atom stereocenters. The minimum Gasteiger partial charge on any atom is -0.295 e. The fourth-order valence-corrected chi connectivity index (χ4v) is 2.73. The van der Waals surface area contributed by atoms with Crippen LogP contribution >= 0.6 is 27.5 Å². The highest BCUT2D eigenvalue weighted by Gasteiger charge is 2.24. The van der Waals surface area contributed by atoms with Crippen LogP contribution in [0.5, 0.6) is 0 Å². The molecule has 0 bridgehead atoms. The maximum absolute atomic E-state index is 13.7. The van der Waals surface area contributed by atoms with Crippen LogP contribution < -0.4 is 0 Å². The van der Waals surface area contributed by atoms with E-state index in [1.807, 2.05) is 0 Å². The molecule has 1 saturated carbocycles. The topological polar surface area (TPSA) is 3.24 Å². The number of hydrogen-bond donors (Lipinski definition) is 0. The lowest BCUT2D eigenvalue weighted by Crippen LogP contribution is -2.40. The SMILES string of the molecule is Fc1cc(Cl)ccc1CN(CCBr)C1CCC1. The lowest BCUT2D eigenvalue weighted by molar-refractivity contribution is 0.127. The molecule has 0 aromatic heterocycles. The monoisotopic (exact) mass is 319 g/mol. The third-order valence-corrected chi connectivity index (χ3v) is 3.94. The van der Waals surface area contributed by atoms with Gasteiger partial charge in [-0.25, -0.2) is 4.39 Å². The van der Waals surface area contributed by atoms with Gasteiger partial charge in [0.05, 0.1) is 0 Å². The van der Waals surface area contributed by atoms with Crippen molar-refractivity contribution in [3.05, 3.63) is 34.6 Å². The van der Waals surface area contributed by atoms with Crippen molar-refractivity contribution in [1.82, 2.24) is 4.90 Å². The van der Waals surface area contributed by atoms with E-state index in [0.717, 1.165) is 17.4 Å². The fraction of sp³-hybridized carbons (Fsp3) is 0.538. The Morgan fingerprint density at radius 1 is 1.41 bits per heavy atom. The number of benzene rings is 1. The zero-order valence-corrected chi connectivity index (χ0v) is 12.0. The summed E-state index contributed by atoms with van der Waals surface area (Å²) >= 11 is 9.21. The van der Waals surface area contributed by atoms with Crippen LogP contribution in [-0.2, 0) is 6.54 Å². The molecule has 2 rings (SSSR count). The summed E-state index contributed by atoms with van der Waals surface area (Å²) in [5, 5.41) is 1.39. The van der Waals surface area contributed by atoms with Crippen LogP contribution in [0.1, 0.15) is 24.8 Å². The molecule has 1 fully saturated rings. The molecule has 0 amide bonds. The highest BCUT2D eigenvalue weighted by molar-refractivity contribution is 9.09. The van der Waals surface area contributed by atoms with Gasteiger partial charge in [0.25, 0.3) is 0 Å². The number of hydrogen-bond acceptors (Lipinski definition) is 1. The Kier molecular flexibility index (Phi) is 4.83. The first kappa shape index (κ1) is 13.3. The summed E-state index contributed by atoms with van der Waals surface area (Å²) < 4.78 is 13.7. The maximum atomic E-state index is 13.7. The molecule has 0 radical (unpaired) electrons. The Bertz CT molecular complexity index is 382. The van der Waals surface area contributed by atoms with E-state index in [1.54, 1.807) is 12.1 Å². The van der Waals surface area contributed by atoms with E-state index < -0.39 is 0 Å². The molecule has 1 aromatic carbocycles. The van der Waals surface area contributed by atoms with Crippen molar-refractivity contribution in [2.75, 3.05) is 11.9 Å². The molecule has 94 valence electrons. The van der Waals surface area contributed by atoms with E-state index in [0.29, 0.717) is 17.6 Å². The van der Waals surface area contributed by atoms with Gasteiger partial charge in [0, 0.05) is 35.0 Å². The highest BCUT2D eigenvalue weighted by atomic mass is 79.9. The lowest BCUT2D eigenvalue weighted by Gasteiger charge is -2.37. The Hall–Kier alpha value is -0.120. The second kappa shape index (κ2) is 6.17. The number of nitrogens with zero attached hydrogens (tertiary/aromatic N) is 1. The summed E-state index contributed by atoms with van der Waals surface area (Å²) in [5.41, 5.74) is 0.738. The van der Waals surface area contributed by atoms with E-state index in [1.165, 1.54) is 25.3 Å². The molecule has 1 aromatic rings. The second-order valence-corrected chi connectivity index (χ2v) is 5.71. The molecular formula is C13H16BrClFN. The van der Waals surface area contributed by atoms with E-state index in [2.05, 4.69) is 20.8 Å². The predicted molar refractivity (Wildman–Crippen MR) is 73.3 cm³/mol. The molecule has 0 spiro atoms. The minimum atomic E-state index is -0.198. The maximum Gasteiger partial charge on any atom is 0.129 e. The summed E-state index contributed by atoms with van der Waals surface area (Å²) in [5.74, 6) is -0.198. The summed E-state index contributed by atoms with van der Waals surface area (Å²) in [4.78, 5) is 2.35. The Balaban J connectivity index is 2.05. The molecule has 0 N–H and O–H groups in total. The largest absolute Gasteiger partial charge is 0.295 e. The molecule has 1 nitrogen and oxygen atoms in total. The van der Waals surface area contributed by atoms with Gasteiger partial charge >= 0.3 is 0 Å². The normalized spacial score (nSPS) is 16.2. The predicted octanol–water partition coefficient (Wildman–Crippen LogP) is 4.23. The molecule has 0 aliphatic heterocycles. The fourth-order valence-electron chi connectivity index (χ4n) is 2.12. The molecule has 0 saturated heterocycles. The molecule has 0 heterocycles. The van der Waals surface area contributed by atoms with Crippen LogP contribution in [0.4, 0.5) is 4.39 Å². The number of alkyl halides is 1. The lowest BCUT2D eigenvalue weighted by atomic mass is 9.91. The van der Waals surface area contributed by atoms with Gasteiger partial charge < -0.3 is 0 Å². The van der Waals surface area contributed by atoms with Gasteiger partial charge in [0.15, 0.2) is 0 Å². The van der Waals surface area contributed by atoms with Crippen molar-refractivity contribution < 1.29 is 4.39 Å². The van der Waals surface area contributed by atoms with Gasteiger partial charge in [-0.1, -0.05) is 40.0 Å². The zero-order chi connectivity index (χ0) is 12.3. The summed E-state index contributed by atoms with van der Waals surface area (Å²) in [6.07, 6.45) is 3.77. The first-order valence-electron chi connectivity index (χ1n) is 5.94. The van der Waals surface area contributed by atoms with Crippen molar-refractivity contribution in [3.63, 3.8) is 0 Å². The van der Waals surface area contributed by atoms with Crippen molar-refractivity contribution in [1.29, 1.82) is 0 Å².